The number of imidazole rings is 1. The molecule has 5 rings (SSSR count). The highest BCUT2D eigenvalue weighted by Crippen LogP contribution is 2.34. The number of hydrogen-bond donors (Lipinski definition) is 0. The summed E-state index contributed by atoms with van der Waals surface area (Å²) in [4.78, 5) is 20.0. The summed E-state index contributed by atoms with van der Waals surface area (Å²) in [7, 11) is 6.00. The number of pyridine rings is 1. The minimum atomic E-state index is 0.0624. The normalized spacial score (nSPS) is 14.7. The van der Waals surface area contributed by atoms with Crippen LogP contribution in [-0.4, -0.2) is 46.3 Å². The predicted molar refractivity (Wildman–Crippen MR) is 134 cm³/mol. The molecule has 6 nitrogen and oxygen atoms in total. The summed E-state index contributed by atoms with van der Waals surface area (Å²) in [5.74, 6) is 0.889. The number of hydrogen-bond acceptors (Lipinski definition) is 4. The van der Waals surface area contributed by atoms with E-state index in [2.05, 4.69) is 54.3 Å². The van der Waals surface area contributed by atoms with Gasteiger partial charge in [-0.3, -0.25) is 14.1 Å². The molecule has 2 aromatic heterocycles. The van der Waals surface area contributed by atoms with Crippen molar-refractivity contribution in [2.45, 2.75) is 38.1 Å². The van der Waals surface area contributed by atoms with Crippen LogP contribution in [-0.2, 0) is 7.05 Å². The standard InChI is InChI=1S/C27H32N4O2/c1-29(2)15-6-16-33-22-12-9-19(10-13-22)20-11-14-24-23(17-20)26-25(18-28-24)30(3)27(32)31(26)21-7-4-5-8-21/h9-14,17-18,21H,4-8,15-16H2,1-3H3. The van der Waals surface area contributed by atoms with Gasteiger partial charge in [0.25, 0.3) is 0 Å². The molecule has 0 amide bonds. The lowest BCUT2D eigenvalue weighted by molar-refractivity contribution is 0.281. The van der Waals surface area contributed by atoms with Gasteiger partial charge in [-0.2, -0.15) is 0 Å². The average molecular weight is 445 g/mol. The number of benzene rings is 2. The van der Waals surface area contributed by atoms with Crippen LogP contribution >= 0.6 is 0 Å². The molecule has 1 fully saturated rings. The summed E-state index contributed by atoms with van der Waals surface area (Å²) in [5, 5.41) is 1.04. The third-order valence-electron chi connectivity index (χ3n) is 6.81. The zero-order valence-corrected chi connectivity index (χ0v) is 19.8. The Morgan fingerprint density at radius 3 is 2.52 bits per heavy atom. The molecule has 2 heterocycles. The molecule has 2 aromatic carbocycles. The number of aryl methyl sites for hydroxylation is 1. The third kappa shape index (κ3) is 4.15. The van der Waals surface area contributed by atoms with Crippen LogP contribution in [0.15, 0.2) is 53.5 Å². The lowest BCUT2D eigenvalue weighted by atomic mass is 10.0. The maximum atomic E-state index is 13.1. The summed E-state index contributed by atoms with van der Waals surface area (Å²) in [5.41, 5.74) is 5.14. The Morgan fingerprint density at radius 2 is 1.79 bits per heavy atom. The molecule has 1 saturated carbocycles. The minimum Gasteiger partial charge on any atom is -0.494 e. The van der Waals surface area contributed by atoms with E-state index in [1.54, 1.807) is 4.57 Å². The van der Waals surface area contributed by atoms with Gasteiger partial charge in [0.1, 0.15) is 5.75 Å². The van der Waals surface area contributed by atoms with Crippen molar-refractivity contribution < 1.29 is 4.74 Å². The highest BCUT2D eigenvalue weighted by atomic mass is 16.5. The number of fused-ring (bicyclic) bond motifs is 3. The van der Waals surface area contributed by atoms with Gasteiger partial charge < -0.3 is 9.64 Å². The van der Waals surface area contributed by atoms with Crippen LogP contribution in [0.1, 0.15) is 38.1 Å². The second-order valence-corrected chi connectivity index (χ2v) is 9.40. The van der Waals surface area contributed by atoms with E-state index in [-0.39, 0.29) is 11.7 Å². The fraction of sp³-hybridized carbons (Fsp3) is 0.407. The Bertz CT molecular complexity index is 1330. The first-order chi connectivity index (χ1) is 16.0. The SMILES string of the molecule is CN(C)CCCOc1ccc(-c2ccc3ncc4c(c3c2)n(C2CCCC2)c(=O)n4C)cc1. The Kier molecular flexibility index (Phi) is 5.94. The maximum Gasteiger partial charge on any atom is 0.329 e. The monoisotopic (exact) mass is 444 g/mol. The topological polar surface area (TPSA) is 52.3 Å². The Labute approximate surface area is 194 Å². The summed E-state index contributed by atoms with van der Waals surface area (Å²) in [6.45, 7) is 1.73. The second-order valence-electron chi connectivity index (χ2n) is 9.40. The smallest absolute Gasteiger partial charge is 0.329 e. The molecule has 0 radical (unpaired) electrons. The van der Waals surface area contributed by atoms with Gasteiger partial charge in [0, 0.05) is 25.0 Å². The van der Waals surface area contributed by atoms with Gasteiger partial charge in [-0.05, 0) is 68.8 Å². The molecule has 1 aliphatic rings. The zero-order valence-electron chi connectivity index (χ0n) is 19.8. The fourth-order valence-electron chi connectivity index (χ4n) is 5.02. The van der Waals surface area contributed by atoms with E-state index >= 15 is 0 Å². The molecule has 0 saturated heterocycles. The number of rotatable bonds is 7. The van der Waals surface area contributed by atoms with Crippen molar-refractivity contribution in [2.75, 3.05) is 27.2 Å². The zero-order chi connectivity index (χ0) is 22.9. The van der Waals surface area contributed by atoms with Gasteiger partial charge >= 0.3 is 5.69 Å². The molecule has 0 spiro atoms. The van der Waals surface area contributed by atoms with E-state index in [9.17, 15) is 4.79 Å². The Hall–Kier alpha value is -3.12. The van der Waals surface area contributed by atoms with Crippen LogP contribution in [0.3, 0.4) is 0 Å². The fourth-order valence-corrected chi connectivity index (χ4v) is 5.02. The molecule has 0 aliphatic heterocycles. The maximum absolute atomic E-state index is 13.1. The molecule has 0 N–H and O–H groups in total. The van der Waals surface area contributed by atoms with E-state index in [1.807, 2.05) is 29.9 Å². The van der Waals surface area contributed by atoms with Crippen molar-refractivity contribution in [1.82, 2.24) is 19.0 Å². The van der Waals surface area contributed by atoms with E-state index in [1.165, 1.54) is 12.8 Å². The number of aromatic nitrogens is 3. The van der Waals surface area contributed by atoms with E-state index in [4.69, 9.17) is 4.74 Å². The molecule has 33 heavy (non-hydrogen) atoms. The molecule has 0 unspecified atom stereocenters. The number of ether oxygens (including phenoxy) is 1. The summed E-state index contributed by atoms with van der Waals surface area (Å²) in [6, 6.07) is 14.9. The Balaban J connectivity index is 1.51. The van der Waals surface area contributed by atoms with Crippen LogP contribution in [0.4, 0.5) is 0 Å². The van der Waals surface area contributed by atoms with Crippen LogP contribution < -0.4 is 10.4 Å². The largest absolute Gasteiger partial charge is 0.494 e. The van der Waals surface area contributed by atoms with Gasteiger partial charge in [-0.1, -0.05) is 31.0 Å². The van der Waals surface area contributed by atoms with E-state index < -0.39 is 0 Å². The van der Waals surface area contributed by atoms with Crippen molar-refractivity contribution in [2.24, 2.45) is 7.05 Å². The van der Waals surface area contributed by atoms with Gasteiger partial charge in [-0.25, -0.2) is 4.79 Å². The lowest BCUT2D eigenvalue weighted by Gasteiger charge is -2.13. The highest BCUT2D eigenvalue weighted by Gasteiger charge is 2.24. The molecule has 0 bridgehead atoms. The summed E-state index contributed by atoms with van der Waals surface area (Å²) in [6.07, 6.45) is 7.35. The van der Waals surface area contributed by atoms with Crippen molar-refractivity contribution in [3.05, 3.63) is 59.1 Å². The molecular weight excluding hydrogens is 412 g/mol. The van der Waals surface area contributed by atoms with Gasteiger partial charge in [-0.15, -0.1) is 0 Å². The first-order valence-electron chi connectivity index (χ1n) is 11.9. The van der Waals surface area contributed by atoms with Crippen molar-refractivity contribution >= 4 is 21.9 Å². The van der Waals surface area contributed by atoms with Gasteiger partial charge in [0.05, 0.1) is 29.4 Å². The number of nitrogens with zero attached hydrogens (tertiary/aromatic N) is 4. The predicted octanol–water partition coefficient (Wildman–Crippen LogP) is 5.00. The van der Waals surface area contributed by atoms with Crippen molar-refractivity contribution in [1.29, 1.82) is 0 Å². The first kappa shape index (κ1) is 21.7. The van der Waals surface area contributed by atoms with Gasteiger partial charge in [0.15, 0.2) is 0 Å². The quantitative estimate of drug-likeness (QED) is 0.377. The first-order valence-corrected chi connectivity index (χ1v) is 11.9. The molecule has 4 aromatic rings. The van der Waals surface area contributed by atoms with Crippen LogP contribution in [0, 0.1) is 0 Å². The summed E-state index contributed by atoms with van der Waals surface area (Å²) >= 11 is 0. The van der Waals surface area contributed by atoms with E-state index in [0.717, 1.165) is 64.6 Å². The lowest BCUT2D eigenvalue weighted by Crippen LogP contribution is -2.24. The highest BCUT2D eigenvalue weighted by molar-refractivity contribution is 6.04. The average Bonchev–Trinajstić information content (AvgIpc) is 3.44. The van der Waals surface area contributed by atoms with Crippen LogP contribution in [0.5, 0.6) is 5.75 Å². The van der Waals surface area contributed by atoms with Gasteiger partial charge in [0.2, 0.25) is 0 Å². The molecular formula is C27H32N4O2. The van der Waals surface area contributed by atoms with Crippen molar-refractivity contribution in [3.8, 4) is 16.9 Å². The minimum absolute atomic E-state index is 0.0624. The molecule has 0 atom stereocenters. The van der Waals surface area contributed by atoms with E-state index in [0.29, 0.717) is 6.61 Å². The Morgan fingerprint density at radius 1 is 1.06 bits per heavy atom. The molecule has 6 heteroatoms. The molecule has 1 aliphatic carbocycles. The summed E-state index contributed by atoms with van der Waals surface area (Å²) < 4.78 is 9.66. The van der Waals surface area contributed by atoms with Crippen LogP contribution in [0.2, 0.25) is 0 Å². The van der Waals surface area contributed by atoms with Crippen LogP contribution in [0.25, 0.3) is 33.1 Å². The molecule has 172 valence electrons. The third-order valence-corrected chi connectivity index (χ3v) is 6.81. The van der Waals surface area contributed by atoms with Crippen molar-refractivity contribution in [3.63, 3.8) is 0 Å². The second kappa shape index (κ2) is 9.02.